The molecule has 2 atom stereocenters. The van der Waals surface area contributed by atoms with Crippen molar-refractivity contribution in [3.63, 3.8) is 0 Å². The highest BCUT2D eigenvalue weighted by atomic mass is 16.5. The minimum Gasteiger partial charge on any atom is -0.449 e. The first kappa shape index (κ1) is 17.7. The molecule has 1 N–H and O–H groups in total. The Morgan fingerprint density at radius 3 is 2.12 bits per heavy atom. The van der Waals surface area contributed by atoms with Gasteiger partial charge in [-0.3, -0.25) is 4.79 Å². The number of carbonyl (C=O) groups excluding carboxylic acids is 2. The van der Waals surface area contributed by atoms with Crippen molar-refractivity contribution in [3.05, 3.63) is 70.8 Å². The zero-order valence-corrected chi connectivity index (χ0v) is 14.5. The Hall–Kier alpha value is -2.62. The Morgan fingerprint density at radius 1 is 0.958 bits per heavy atom. The van der Waals surface area contributed by atoms with Crippen molar-refractivity contribution in [2.75, 3.05) is 0 Å². The van der Waals surface area contributed by atoms with Crippen molar-refractivity contribution >= 4 is 11.9 Å². The molecule has 0 aromatic heterocycles. The molecule has 0 saturated carbocycles. The zero-order chi connectivity index (χ0) is 17.7. The molecule has 0 spiro atoms. The highest BCUT2D eigenvalue weighted by Crippen LogP contribution is 2.13. The topological polar surface area (TPSA) is 55.4 Å². The van der Waals surface area contributed by atoms with E-state index >= 15 is 0 Å². The SMILES string of the molecule is Cc1cc(C)cc(C(=O)OC(C)C(=O)NC(C)c2ccccc2)c1. The molecular formula is C20H23NO3. The van der Waals surface area contributed by atoms with Crippen LogP contribution in [0.3, 0.4) is 0 Å². The molecule has 0 bridgehead atoms. The summed E-state index contributed by atoms with van der Waals surface area (Å²) in [7, 11) is 0. The van der Waals surface area contributed by atoms with Crippen molar-refractivity contribution in [2.24, 2.45) is 0 Å². The molecule has 0 fully saturated rings. The molecule has 2 aromatic rings. The van der Waals surface area contributed by atoms with E-state index in [9.17, 15) is 9.59 Å². The lowest BCUT2D eigenvalue weighted by Crippen LogP contribution is -2.37. The second kappa shape index (κ2) is 7.77. The number of hydrogen-bond donors (Lipinski definition) is 1. The van der Waals surface area contributed by atoms with Gasteiger partial charge in [-0.2, -0.15) is 0 Å². The molecular weight excluding hydrogens is 302 g/mol. The summed E-state index contributed by atoms with van der Waals surface area (Å²) in [5.74, 6) is -0.805. The number of amides is 1. The first-order valence-corrected chi connectivity index (χ1v) is 8.01. The van der Waals surface area contributed by atoms with Crippen LogP contribution in [0.1, 0.15) is 46.9 Å². The highest BCUT2D eigenvalue weighted by molar-refractivity contribution is 5.92. The Balaban J connectivity index is 1.97. The van der Waals surface area contributed by atoms with Crippen molar-refractivity contribution in [3.8, 4) is 0 Å². The van der Waals surface area contributed by atoms with Crippen LogP contribution in [0.25, 0.3) is 0 Å². The fourth-order valence-electron chi connectivity index (χ4n) is 2.53. The maximum atomic E-state index is 12.2. The summed E-state index contributed by atoms with van der Waals surface area (Å²) in [6, 6.07) is 15.0. The number of rotatable bonds is 5. The highest BCUT2D eigenvalue weighted by Gasteiger charge is 2.21. The summed E-state index contributed by atoms with van der Waals surface area (Å²) in [6.45, 7) is 7.31. The second-order valence-electron chi connectivity index (χ2n) is 6.06. The summed E-state index contributed by atoms with van der Waals surface area (Å²) in [5.41, 5.74) is 3.43. The van der Waals surface area contributed by atoms with E-state index in [4.69, 9.17) is 4.74 Å². The van der Waals surface area contributed by atoms with Crippen LogP contribution in [0.4, 0.5) is 0 Å². The molecule has 2 rings (SSSR count). The van der Waals surface area contributed by atoms with Crippen molar-refractivity contribution in [2.45, 2.75) is 39.8 Å². The molecule has 0 aliphatic heterocycles. The smallest absolute Gasteiger partial charge is 0.338 e. The van der Waals surface area contributed by atoms with Gasteiger partial charge in [0.2, 0.25) is 0 Å². The van der Waals surface area contributed by atoms with Crippen LogP contribution in [0.2, 0.25) is 0 Å². The van der Waals surface area contributed by atoms with E-state index in [1.54, 1.807) is 19.1 Å². The number of benzene rings is 2. The summed E-state index contributed by atoms with van der Waals surface area (Å²) < 4.78 is 5.29. The average Bonchev–Trinajstić information content (AvgIpc) is 2.54. The van der Waals surface area contributed by atoms with Crippen LogP contribution < -0.4 is 5.32 Å². The largest absolute Gasteiger partial charge is 0.449 e. The van der Waals surface area contributed by atoms with E-state index in [1.165, 1.54) is 0 Å². The molecule has 0 saturated heterocycles. The van der Waals surface area contributed by atoms with E-state index in [0.717, 1.165) is 16.7 Å². The third kappa shape index (κ3) is 4.69. The van der Waals surface area contributed by atoms with Gasteiger partial charge in [0.1, 0.15) is 0 Å². The van der Waals surface area contributed by atoms with Crippen LogP contribution in [-0.4, -0.2) is 18.0 Å². The van der Waals surface area contributed by atoms with Crippen LogP contribution in [-0.2, 0) is 9.53 Å². The van der Waals surface area contributed by atoms with Crippen LogP contribution in [0.5, 0.6) is 0 Å². The van der Waals surface area contributed by atoms with E-state index in [0.29, 0.717) is 5.56 Å². The first-order valence-electron chi connectivity index (χ1n) is 8.01. The number of hydrogen-bond acceptors (Lipinski definition) is 3. The van der Waals surface area contributed by atoms with E-state index in [-0.39, 0.29) is 11.9 Å². The zero-order valence-electron chi connectivity index (χ0n) is 14.5. The molecule has 0 heterocycles. The average molecular weight is 325 g/mol. The molecule has 1 amide bonds. The lowest BCUT2D eigenvalue weighted by Gasteiger charge is -2.18. The number of esters is 1. The normalized spacial score (nSPS) is 13.0. The molecule has 24 heavy (non-hydrogen) atoms. The molecule has 0 aliphatic carbocycles. The quantitative estimate of drug-likeness (QED) is 0.852. The molecule has 126 valence electrons. The van der Waals surface area contributed by atoms with Crippen molar-refractivity contribution in [1.29, 1.82) is 0 Å². The Kier molecular flexibility index (Phi) is 5.74. The summed E-state index contributed by atoms with van der Waals surface area (Å²) in [4.78, 5) is 24.5. The molecule has 0 radical (unpaired) electrons. The van der Waals surface area contributed by atoms with Gasteiger partial charge in [0.15, 0.2) is 6.10 Å². The molecule has 4 nitrogen and oxygen atoms in total. The first-order chi connectivity index (χ1) is 11.4. The third-order valence-electron chi connectivity index (χ3n) is 3.77. The standard InChI is InChI=1S/C20H23NO3/c1-13-10-14(2)12-18(11-13)20(23)24-16(4)19(22)21-15(3)17-8-6-5-7-9-17/h5-12,15-16H,1-4H3,(H,21,22). The fraction of sp³-hybridized carbons (Fsp3) is 0.300. The van der Waals surface area contributed by atoms with Gasteiger partial charge in [-0.25, -0.2) is 4.79 Å². The molecule has 0 aliphatic rings. The van der Waals surface area contributed by atoms with Gasteiger partial charge in [0, 0.05) is 0 Å². The fourth-order valence-corrected chi connectivity index (χ4v) is 2.53. The second-order valence-corrected chi connectivity index (χ2v) is 6.06. The van der Waals surface area contributed by atoms with Gasteiger partial charge >= 0.3 is 5.97 Å². The van der Waals surface area contributed by atoms with Crippen LogP contribution in [0, 0.1) is 13.8 Å². The number of aryl methyl sites for hydroxylation is 2. The predicted molar refractivity (Wildman–Crippen MR) is 93.8 cm³/mol. The van der Waals surface area contributed by atoms with Gasteiger partial charge in [0.05, 0.1) is 11.6 Å². The molecule has 4 heteroatoms. The third-order valence-corrected chi connectivity index (χ3v) is 3.77. The maximum absolute atomic E-state index is 12.2. The van der Waals surface area contributed by atoms with Crippen LogP contribution in [0.15, 0.2) is 48.5 Å². The Bertz CT molecular complexity index is 705. The lowest BCUT2D eigenvalue weighted by atomic mass is 10.1. The monoisotopic (exact) mass is 325 g/mol. The van der Waals surface area contributed by atoms with Crippen LogP contribution >= 0.6 is 0 Å². The Morgan fingerprint density at radius 2 is 1.54 bits per heavy atom. The van der Waals surface area contributed by atoms with Crippen molar-refractivity contribution in [1.82, 2.24) is 5.32 Å². The van der Waals surface area contributed by atoms with Gasteiger partial charge in [-0.1, -0.05) is 47.5 Å². The number of ether oxygens (including phenoxy) is 1. The number of nitrogens with one attached hydrogen (secondary N) is 1. The Labute approximate surface area is 142 Å². The lowest BCUT2D eigenvalue weighted by molar-refractivity contribution is -0.129. The summed E-state index contributed by atoms with van der Waals surface area (Å²) in [6.07, 6.45) is -0.857. The van der Waals surface area contributed by atoms with Crippen molar-refractivity contribution < 1.29 is 14.3 Å². The predicted octanol–water partition coefficient (Wildman–Crippen LogP) is 3.73. The number of carbonyl (C=O) groups is 2. The minimum absolute atomic E-state index is 0.152. The van der Waals surface area contributed by atoms with Gasteiger partial charge in [0.25, 0.3) is 5.91 Å². The molecule has 2 aromatic carbocycles. The van der Waals surface area contributed by atoms with Gasteiger partial charge < -0.3 is 10.1 Å². The summed E-state index contributed by atoms with van der Waals surface area (Å²) >= 11 is 0. The van der Waals surface area contributed by atoms with Gasteiger partial charge in [-0.05, 0) is 45.4 Å². The van der Waals surface area contributed by atoms with E-state index in [2.05, 4.69) is 5.32 Å². The molecule has 2 unspecified atom stereocenters. The van der Waals surface area contributed by atoms with E-state index in [1.807, 2.05) is 57.2 Å². The van der Waals surface area contributed by atoms with E-state index < -0.39 is 12.1 Å². The van der Waals surface area contributed by atoms with Gasteiger partial charge in [-0.15, -0.1) is 0 Å². The minimum atomic E-state index is -0.857. The summed E-state index contributed by atoms with van der Waals surface area (Å²) in [5, 5.41) is 2.86. The maximum Gasteiger partial charge on any atom is 0.338 e.